The molecule has 1 aliphatic heterocycles. The molecule has 0 saturated carbocycles. The third-order valence-corrected chi connectivity index (χ3v) is 3.99. The fraction of sp³-hybridized carbons (Fsp3) is 0.647. The second-order valence-corrected chi connectivity index (χ2v) is 5.76. The van der Waals surface area contributed by atoms with E-state index in [1.54, 1.807) is 12.1 Å². The maximum Gasteiger partial charge on any atom is 0.115 e. The third-order valence-electron chi connectivity index (χ3n) is 3.99. The van der Waals surface area contributed by atoms with Crippen molar-refractivity contribution in [2.45, 2.75) is 70.2 Å². The molecule has 0 amide bonds. The van der Waals surface area contributed by atoms with Crippen molar-refractivity contribution in [1.29, 1.82) is 0 Å². The van der Waals surface area contributed by atoms with E-state index < -0.39 is 6.17 Å². The highest BCUT2D eigenvalue weighted by atomic mass is 19.1. The standard InChI is InChI=1S/C17H25FO2/c1-2-3-4-5-6-16-11-14(18)12-17(20-16)13-7-9-15(19)10-8-13/h7-10,14,16-17,19H,2-6,11-12H2,1H3/t14-,16+,17+/m0/s1. The van der Waals surface area contributed by atoms with Crippen molar-refractivity contribution in [1.82, 2.24) is 0 Å². The van der Waals surface area contributed by atoms with Crippen molar-refractivity contribution >= 4 is 0 Å². The van der Waals surface area contributed by atoms with Gasteiger partial charge in [-0.25, -0.2) is 4.39 Å². The number of halogens is 1. The monoisotopic (exact) mass is 280 g/mol. The van der Waals surface area contributed by atoms with E-state index in [2.05, 4.69) is 6.92 Å². The largest absolute Gasteiger partial charge is 0.508 e. The van der Waals surface area contributed by atoms with Gasteiger partial charge in [0.05, 0.1) is 12.2 Å². The van der Waals surface area contributed by atoms with Gasteiger partial charge >= 0.3 is 0 Å². The topological polar surface area (TPSA) is 29.5 Å². The molecule has 2 rings (SSSR count). The fourth-order valence-electron chi connectivity index (χ4n) is 2.85. The van der Waals surface area contributed by atoms with Gasteiger partial charge in [0.15, 0.2) is 0 Å². The summed E-state index contributed by atoms with van der Waals surface area (Å²) in [6.07, 6.45) is 5.78. The van der Waals surface area contributed by atoms with E-state index in [1.807, 2.05) is 12.1 Å². The van der Waals surface area contributed by atoms with Crippen LogP contribution in [0.1, 0.15) is 63.5 Å². The van der Waals surface area contributed by atoms with E-state index in [4.69, 9.17) is 4.74 Å². The Kier molecular flexibility index (Phi) is 5.84. The van der Waals surface area contributed by atoms with Crippen molar-refractivity contribution in [3.63, 3.8) is 0 Å². The van der Waals surface area contributed by atoms with Crippen molar-refractivity contribution in [3.05, 3.63) is 29.8 Å². The number of unbranched alkanes of at least 4 members (excludes halogenated alkanes) is 3. The highest BCUT2D eigenvalue weighted by Gasteiger charge is 2.30. The van der Waals surface area contributed by atoms with Gasteiger partial charge in [0, 0.05) is 12.8 Å². The van der Waals surface area contributed by atoms with Gasteiger partial charge in [0.25, 0.3) is 0 Å². The van der Waals surface area contributed by atoms with Crippen LogP contribution in [0.4, 0.5) is 4.39 Å². The summed E-state index contributed by atoms with van der Waals surface area (Å²) in [5, 5.41) is 9.31. The summed E-state index contributed by atoms with van der Waals surface area (Å²) >= 11 is 0. The maximum atomic E-state index is 13.9. The van der Waals surface area contributed by atoms with Crippen LogP contribution in [0.3, 0.4) is 0 Å². The Bertz CT molecular complexity index is 390. The summed E-state index contributed by atoms with van der Waals surface area (Å²) in [7, 11) is 0. The molecule has 1 aromatic carbocycles. The van der Waals surface area contributed by atoms with Gasteiger partial charge < -0.3 is 9.84 Å². The zero-order valence-electron chi connectivity index (χ0n) is 12.2. The van der Waals surface area contributed by atoms with Crippen molar-refractivity contribution in [2.24, 2.45) is 0 Å². The van der Waals surface area contributed by atoms with Crippen LogP contribution in [0, 0.1) is 0 Å². The molecule has 20 heavy (non-hydrogen) atoms. The van der Waals surface area contributed by atoms with Gasteiger partial charge in [-0.1, -0.05) is 44.7 Å². The molecule has 3 heteroatoms. The normalized spacial score (nSPS) is 26.6. The second kappa shape index (κ2) is 7.63. The van der Waals surface area contributed by atoms with E-state index in [9.17, 15) is 9.50 Å². The van der Waals surface area contributed by atoms with Crippen LogP contribution in [0.15, 0.2) is 24.3 Å². The number of hydrogen-bond acceptors (Lipinski definition) is 2. The minimum absolute atomic E-state index is 0.0365. The Balaban J connectivity index is 1.88. The molecule has 0 aliphatic carbocycles. The third kappa shape index (κ3) is 4.48. The smallest absolute Gasteiger partial charge is 0.115 e. The van der Waals surface area contributed by atoms with Crippen molar-refractivity contribution in [3.8, 4) is 5.75 Å². The predicted octanol–water partition coefficient (Wildman–Crippen LogP) is 4.92. The molecule has 1 heterocycles. The van der Waals surface area contributed by atoms with Gasteiger partial charge in [0.2, 0.25) is 0 Å². The molecule has 0 bridgehead atoms. The number of ether oxygens (including phenoxy) is 1. The van der Waals surface area contributed by atoms with E-state index in [0.29, 0.717) is 12.8 Å². The first-order valence-electron chi connectivity index (χ1n) is 7.77. The first-order valence-corrected chi connectivity index (χ1v) is 7.77. The van der Waals surface area contributed by atoms with Gasteiger partial charge in [-0.15, -0.1) is 0 Å². The van der Waals surface area contributed by atoms with Crippen LogP contribution in [0.25, 0.3) is 0 Å². The van der Waals surface area contributed by atoms with Crippen LogP contribution < -0.4 is 0 Å². The van der Waals surface area contributed by atoms with Gasteiger partial charge in [0.1, 0.15) is 11.9 Å². The SMILES string of the molecule is CCCCCC[C@@H]1C[C@H](F)C[C@H](c2ccc(O)cc2)O1. The molecule has 112 valence electrons. The van der Waals surface area contributed by atoms with E-state index in [1.165, 1.54) is 19.3 Å². The zero-order chi connectivity index (χ0) is 14.4. The summed E-state index contributed by atoms with van der Waals surface area (Å²) < 4.78 is 19.9. The average molecular weight is 280 g/mol. The summed E-state index contributed by atoms with van der Waals surface area (Å²) in [6, 6.07) is 6.92. The molecule has 1 saturated heterocycles. The first-order chi connectivity index (χ1) is 9.69. The van der Waals surface area contributed by atoms with E-state index >= 15 is 0 Å². The molecule has 1 fully saturated rings. The summed E-state index contributed by atoms with van der Waals surface area (Å²) in [5.74, 6) is 0.234. The quantitative estimate of drug-likeness (QED) is 0.749. The number of phenols is 1. The second-order valence-electron chi connectivity index (χ2n) is 5.76. The van der Waals surface area contributed by atoms with Crippen molar-refractivity contribution in [2.75, 3.05) is 0 Å². The Morgan fingerprint density at radius 3 is 2.60 bits per heavy atom. The lowest BCUT2D eigenvalue weighted by atomic mass is 9.94. The van der Waals surface area contributed by atoms with Crippen LogP contribution in [-0.4, -0.2) is 17.4 Å². The number of hydrogen-bond donors (Lipinski definition) is 1. The van der Waals surface area contributed by atoms with E-state index in [-0.39, 0.29) is 18.0 Å². The number of alkyl halides is 1. The molecule has 0 spiro atoms. The summed E-state index contributed by atoms with van der Waals surface area (Å²) in [5.41, 5.74) is 0.962. The molecule has 0 unspecified atom stereocenters. The molecule has 1 aliphatic rings. The molecule has 0 aromatic heterocycles. The molecule has 1 N–H and O–H groups in total. The Hall–Kier alpha value is -1.09. The molecule has 2 nitrogen and oxygen atoms in total. The minimum Gasteiger partial charge on any atom is -0.508 e. The highest BCUT2D eigenvalue weighted by molar-refractivity contribution is 5.27. The number of phenolic OH excluding ortho intramolecular Hbond substituents is 1. The highest BCUT2D eigenvalue weighted by Crippen LogP contribution is 2.35. The summed E-state index contributed by atoms with van der Waals surface area (Å²) in [6.45, 7) is 2.19. The van der Waals surface area contributed by atoms with Crippen LogP contribution in [-0.2, 0) is 4.74 Å². The van der Waals surface area contributed by atoms with Crippen LogP contribution in [0.2, 0.25) is 0 Å². The average Bonchev–Trinajstić information content (AvgIpc) is 2.44. The maximum absolute atomic E-state index is 13.9. The molecule has 0 radical (unpaired) electrons. The van der Waals surface area contributed by atoms with Crippen LogP contribution in [0.5, 0.6) is 5.75 Å². The predicted molar refractivity (Wildman–Crippen MR) is 78.6 cm³/mol. The number of aromatic hydroxyl groups is 1. The Labute approximate surface area is 121 Å². The van der Waals surface area contributed by atoms with Gasteiger partial charge in [-0.2, -0.15) is 0 Å². The van der Waals surface area contributed by atoms with E-state index in [0.717, 1.165) is 18.4 Å². The van der Waals surface area contributed by atoms with Gasteiger partial charge in [-0.3, -0.25) is 0 Å². The lowest BCUT2D eigenvalue weighted by Gasteiger charge is -2.32. The Morgan fingerprint density at radius 2 is 1.90 bits per heavy atom. The summed E-state index contributed by atoms with van der Waals surface area (Å²) in [4.78, 5) is 0. The molecular weight excluding hydrogens is 255 g/mol. The molecular formula is C17H25FO2. The van der Waals surface area contributed by atoms with Gasteiger partial charge in [-0.05, 0) is 24.1 Å². The zero-order valence-corrected chi connectivity index (χ0v) is 12.2. The lowest BCUT2D eigenvalue weighted by molar-refractivity contribution is -0.0825. The Morgan fingerprint density at radius 1 is 1.15 bits per heavy atom. The van der Waals surface area contributed by atoms with Crippen LogP contribution >= 0.6 is 0 Å². The lowest BCUT2D eigenvalue weighted by Crippen LogP contribution is -2.29. The minimum atomic E-state index is -0.779. The number of rotatable bonds is 6. The fourth-order valence-corrected chi connectivity index (χ4v) is 2.85. The first kappa shape index (κ1) is 15.3. The molecule has 1 aromatic rings. The van der Waals surface area contributed by atoms with Crippen molar-refractivity contribution < 1.29 is 14.2 Å². The number of benzene rings is 1. The molecule has 3 atom stereocenters.